The van der Waals surface area contributed by atoms with Gasteiger partial charge in [-0.1, -0.05) is 6.07 Å². The van der Waals surface area contributed by atoms with Crippen molar-refractivity contribution >= 4 is 16.9 Å². The predicted octanol–water partition coefficient (Wildman–Crippen LogP) is 1.90. The number of imidazole rings is 2. The Bertz CT molecular complexity index is 1280. The van der Waals surface area contributed by atoms with E-state index in [-0.39, 0.29) is 0 Å². The summed E-state index contributed by atoms with van der Waals surface area (Å²) in [7, 11) is 1.61. The summed E-state index contributed by atoms with van der Waals surface area (Å²) in [6, 6.07) is 6.21. The van der Waals surface area contributed by atoms with Crippen LogP contribution < -0.4 is 11.2 Å². The minimum atomic E-state index is -0.467. The van der Waals surface area contributed by atoms with Crippen LogP contribution in [0.15, 0.2) is 27.8 Å². The predicted molar refractivity (Wildman–Crippen MR) is 96.8 cm³/mol. The molecule has 3 heterocycles. The van der Waals surface area contributed by atoms with Crippen LogP contribution in [0.4, 0.5) is 0 Å². The van der Waals surface area contributed by atoms with Crippen molar-refractivity contribution in [3.63, 3.8) is 0 Å². The highest BCUT2D eigenvalue weighted by molar-refractivity contribution is 5.77. The summed E-state index contributed by atoms with van der Waals surface area (Å²) in [4.78, 5) is 31.3. The van der Waals surface area contributed by atoms with Gasteiger partial charge in [0.25, 0.3) is 5.56 Å². The molecule has 0 fully saturated rings. The van der Waals surface area contributed by atoms with Gasteiger partial charge in [-0.3, -0.25) is 23.3 Å². The molecular formula is C18H19N5O2. The molecule has 1 aromatic carbocycles. The second kappa shape index (κ2) is 4.95. The molecule has 0 amide bonds. The summed E-state index contributed by atoms with van der Waals surface area (Å²) in [6.45, 7) is 8.09. The quantitative estimate of drug-likeness (QED) is 0.576. The van der Waals surface area contributed by atoms with Crippen molar-refractivity contribution in [1.29, 1.82) is 0 Å². The average Bonchev–Trinajstić information content (AvgIpc) is 3.05. The lowest BCUT2D eigenvalue weighted by Crippen LogP contribution is -2.28. The number of H-pyrrole nitrogens is 1. The second-order valence-electron chi connectivity index (χ2n) is 6.51. The van der Waals surface area contributed by atoms with Gasteiger partial charge in [0.2, 0.25) is 5.78 Å². The molecule has 0 atom stereocenters. The van der Waals surface area contributed by atoms with Gasteiger partial charge in [0.15, 0.2) is 11.2 Å². The van der Waals surface area contributed by atoms with Crippen LogP contribution >= 0.6 is 0 Å². The van der Waals surface area contributed by atoms with Gasteiger partial charge in [-0.2, -0.15) is 4.98 Å². The number of nitrogens with one attached hydrogen (secondary N) is 1. The molecule has 128 valence electrons. The number of aromatic amines is 1. The number of aromatic nitrogens is 5. The number of hydrogen-bond acceptors (Lipinski definition) is 3. The van der Waals surface area contributed by atoms with Crippen LogP contribution in [0.25, 0.3) is 22.6 Å². The maximum absolute atomic E-state index is 12.4. The minimum Gasteiger partial charge on any atom is -0.283 e. The highest BCUT2D eigenvalue weighted by Gasteiger charge is 2.21. The fraction of sp³-hybridized carbons (Fsp3) is 0.278. The lowest BCUT2D eigenvalue weighted by Gasteiger charge is -2.09. The summed E-state index contributed by atoms with van der Waals surface area (Å²) in [6.07, 6.45) is 0. The molecule has 0 unspecified atom stereocenters. The van der Waals surface area contributed by atoms with E-state index in [1.54, 1.807) is 7.05 Å². The van der Waals surface area contributed by atoms with E-state index in [1.807, 2.05) is 28.9 Å². The first-order chi connectivity index (χ1) is 11.8. The van der Waals surface area contributed by atoms with Gasteiger partial charge in [0.05, 0.1) is 0 Å². The minimum absolute atomic E-state index is 0.379. The molecule has 0 aliphatic rings. The Morgan fingerprint density at radius 1 is 1.00 bits per heavy atom. The third-order valence-corrected chi connectivity index (χ3v) is 5.04. The molecule has 0 saturated heterocycles. The fourth-order valence-corrected chi connectivity index (χ4v) is 3.29. The molecule has 0 aliphatic heterocycles. The highest BCUT2D eigenvalue weighted by Crippen LogP contribution is 2.25. The van der Waals surface area contributed by atoms with E-state index >= 15 is 0 Å². The van der Waals surface area contributed by atoms with E-state index in [1.165, 1.54) is 15.7 Å². The zero-order valence-electron chi connectivity index (χ0n) is 14.8. The normalized spacial score (nSPS) is 11.7. The molecule has 0 spiro atoms. The molecule has 0 aliphatic carbocycles. The van der Waals surface area contributed by atoms with E-state index < -0.39 is 11.2 Å². The Kier molecular flexibility index (Phi) is 3.06. The van der Waals surface area contributed by atoms with Crippen LogP contribution in [0.1, 0.15) is 22.5 Å². The number of hydrogen-bond donors (Lipinski definition) is 1. The molecule has 0 bridgehead atoms. The number of aryl methyl sites for hydroxylation is 4. The lowest BCUT2D eigenvalue weighted by atomic mass is 10.1. The van der Waals surface area contributed by atoms with Crippen molar-refractivity contribution in [2.75, 3.05) is 0 Å². The van der Waals surface area contributed by atoms with Gasteiger partial charge in [-0.25, -0.2) is 4.79 Å². The van der Waals surface area contributed by atoms with Gasteiger partial charge in [-0.15, -0.1) is 0 Å². The topological polar surface area (TPSA) is 77.1 Å². The Morgan fingerprint density at radius 2 is 1.72 bits per heavy atom. The smallest absolute Gasteiger partial charge is 0.283 e. The number of benzene rings is 1. The Hall–Kier alpha value is -3.09. The lowest BCUT2D eigenvalue weighted by molar-refractivity contribution is 0.830. The zero-order chi connectivity index (χ0) is 18.0. The standard InChI is InChI=1S/C18H19N5O2/c1-9-6-7-13(8-10(9)2)22-11(3)12(4)23-14-15(19-17(22)23)21(5)18(25)20-16(14)24/h6-8H,1-5H3,(H,20,24,25). The molecule has 1 N–H and O–H groups in total. The molecule has 4 aromatic rings. The number of rotatable bonds is 1. The maximum Gasteiger partial charge on any atom is 0.329 e. The van der Waals surface area contributed by atoms with Crippen LogP contribution in [-0.4, -0.2) is 23.5 Å². The van der Waals surface area contributed by atoms with Crippen molar-refractivity contribution in [1.82, 2.24) is 23.5 Å². The van der Waals surface area contributed by atoms with Crippen molar-refractivity contribution in [2.45, 2.75) is 27.7 Å². The molecule has 25 heavy (non-hydrogen) atoms. The van der Waals surface area contributed by atoms with Gasteiger partial charge in [0, 0.05) is 24.1 Å². The fourth-order valence-electron chi connectivity index (χ4n) is 3.29. The monoisotopic (exact) mass is 337 g/mol. The molecule has 7 nitrogen and oxygen atoms in total. The Balaban J connectivity index is 2.22. The summed E-state index contributed by atoms with van der Waals surface area (Å²) in [5, 5.41) is 0. The second-order valence-corrected chi connectivity index (χ2v) is 6.51. The van der Waals surface area contributed by atoms with Crippen LogP contribution in [0.3, 0.4) is 0 Å². The van der Waals surface area contributed by atoms with Crippen molar-refractivity contribution < 1.29 is 0 Å². The van der Waals surface area contributed by atoms with Gasteiger partial charge in [0.1, 0.15) is 0 Å². The van der Waals surface area contributed by atoms with Crippen molar-refractivity contribution in [3.8, 4) is 5.69 Å². The van der Waals surface area contributed by atoms with E-state index in [0.717, 1.165) is 17.1 Å². The Labute approximate surface area is 143 Å². The first-order valence-corrected chi connectivity index (χ1v) is 8.08. The molecular weight excluding hydrogens is 318 g/mol. The van der Waals surface area contributed by atoms with Gasteiger partial charge in [-0.05, 0) is 51.0 Å². The average molecular weight is 337 g/mol. The summed E-state index contributed by atoms with van der Waals surface area (Å²) < 4.78 is 5.20. The van der Waals surface area contributed by atoms with Crippen molar-refractivity contribution in [2.24, 2.45) is 7.05 Å². The first-order valence-electron chi connectivity index (χ1n) is 8.08. The largest absolute Gasteiger partial charge is 0.329 e. The molecule has 3 aromatic heterocycles. The molecule has 0 saturated carbocycles. The molecule has 7 heteroatoms. The summed E-state index contributed by atoms with van der Waals surface area (Å²) in [5.41, 5.74) is 5.17. The third kappa shape index (κ3) is 1.95. The number of fused-ring (bicyclic) bond motifs is 3. The zero-order valence-corrected chi connectivity index (χ0v) is 14.8. The first kappa shape index (κ1) is 15.4. The highest BCUT2D eigenvalue weighted by atomic mass is 16.2. The molecule has 4 rings (SSSR count). The van der Waals surface area contributed by atoms with Crippen LogP contribution in [0.2, 0.25) is 0 Å². The maximum atomic E-state index is 12.4. The van der Waals surface area contributed by atoms with Crippen molar-refractivity contribution in [3.05, 3.63) is 61.6 Å². The van der Waals surface area contributed by atoms with E-state index in [2.05, 4.69) is 35.9 Å². The van der Waals surface area contributed by atoms with Crippen LogP contribution in [-0.2, 0) is 7.05 Å². The Morgan fingerprint density at radius 3 is 2.40 bits per heavy atom. The molecule has 0 radical (unpaired) electrons. The number of nitrogens with zero attached hydrogens (tertiary/aromatic N) is 4. The van der Waals surface area contributed by atoms with Crippen LogP contribution in [0.5, 0.6) is 0 Å². The van der Waals surface area contributed by atoms with Crippen LogP contribution in [0, 0.1) is 27.7 Å². The van der Waals surface area contributed by atoms with E-state index in [4.69, 9.17) is 0 Å². The SMILES string of the molecule is Cc1ccc(-n2c(C)c(C)n3c4c(=O)[nH]c(=O)n(C)c4nc23)cc1C. The van der Waals surface area contributed by atoms with E-state index in [0.29, 0.717) is 16.9 Å². The van der Waals surface area contributed by atoms with Gasteiger partial charge >= 0.3 is 5.69 Å². The summed E-state index contributed by atoms with van der Waals surface area (Å²) >= 11 is 0. The van der Waals surface area contributed by atoms with Gasteiger partial charge < -0.3 is 0 Å². The third-order valence-electron chi connectivity index (χ3n) is 5.04. The summed E-state index contributed by atoms with van der Waals surface area (Å²) in [5.74, 6) is 0.625. The van der Waals surface area contributed by atoms with E-state index in [9.17, 15) is 9.59 Å².